The maximum atomic E-state index is 13.1. The molecule has 5 heteroatoms. The third-order valence-corrected chi connectivity index (χ3v) is 5.03. The number of carbonyl (C=O) groups excluding carboxylic acids is 1. The van der Waals surface area contributed by atoms with E-state index < -0.39 is 0 Å². The number of amides is 1. The number of para-hydroxylation sites is 1. The highest BCUT2D eigenvalue weighted by atomic mass is 19.1. The van der Waals surface area contributed by atoms with Crippen LogP contribution in [0.1, 0.15) is 30.1 Å². The fraction of sp³-hybridized carbons (Fsp3) is 0.273. The number of rotatable bonds is 3. The van der Waals surface area contributed by atoms with Gasteiger partial charge in [-0.05, 0) is 55.2 Å². The molecule has 0 radical (unpaired) electrons. The van der Waals surface area contributed by atoms with E-state index in [-0.39, 0.29) is 11.7 Å². The Bertz CT molecular complexity index is 971. The van der Waals surface area contributed by atoms with Crippen LogP contribution in [0.2, 0.25) is 0 Å². The molecule has 1 N–H and O–H groups in total. The normalized spacial score (nSPS) is 17.1. The second-order valence-electron chi connectivity index (χ2n) is 7.20. The quantitative estimate of drug-likeness (QED) is 0.723. The van der Waals surface area contributed by atoms with Crippen LogP contribution in [0, 0.1) is 11.7 Å². The second kappa shape index (κ2) is 7.35. The van der Waals surface area contributed by atoms with Crippen LogP contribution < -0.4 is 10.2 Å². The lowest BCUT2D eigenvalue weighted by Gasteiger charge is -2.32. The lowest BCUT2D eigenvalue weighted by Crippen LogP contribution is -2.35. The van der Waals surface area contributed by atoms with Crippen molar-refractivity contribution in [1.29, 1.82) is 0 Å². The summed E-state index contributed by atoms with van der Waals surface area (Å²) in [5.74, 6) is 0.906. The monoisotopic (exact) mass is 363 g/mol. The van der Waals surface area contributed by atoms with Crippen molar-refractivity contribution < 1.29 is 9.18 Å². The highest BCUT2D eigenvalue weighted by Crippen LogP contribution is 2.27. The van der Waals surface area contributed by atoms with Crippen molar-refractivity contribution in [2.24, 2.45) is 5.92 Å². The summed E-state index contributed by atoms with van der Waals surface area (Å²) in [5.41, 5.74) is 1.95. The Kier molecular flexibility index (Phi) is 4.75. The zero-order valence-electron chi connectivity index (χ0n) is 15.3. The summed E-state index contributed by atoms with van der Waals surface area (Å²) in [6.45, 7) is 4.15. The van der Waals surface area contributed by atoms with E-state index in [0.717, 1.165) is 36.2 Å². The van der Waals surface area contributed by atoms with Gasteiger partial charge in [-0.15, -0.1) is 0 Å². The molecular formula is C22H22FN3O. The van der Waals surface area contributed by atoms with Gasteiger partial charge in [0.2, 0.25) is 0 Å². The Morgan fingerprint density at radius 2 is 1.96 bits per heavy atom. The minimum absolute atomic E-state index is 0.216. The van der Waals surface area contributed by atoms with Crippen LogP contribution in [-0.2, 0) is 0 Å². The molecule has 3 aromatic rings. The Labute approximate surface area is 158 Å². The lowest BCUT2D eigenvalue weighted by atomic mass is 10.00. The smallest absolute Gasteiger partial charge is 0.256 e. The van der Waals surface area contributed by atoms with Gasteiger partial charge in [0.15, 0.2) is 0 Å². The highest BCUT2D eigenvalue weighted by Gasteiger charge is 2.20. The summed E-state index contributed by atoms with van der Waals surface area (Å²) in [6, 6.07) is 15.3. The van der Waals surface area contributed by atoms with Crippen molar-refractivity contribution in [3.8, 4) is 0 Å². The van der Waals surface area contributed by atoms with Crippen LogP contribution in [0.15, 0.2) is 54.6 Å². The molecule has 0 saturated carbocycles. The van der Waals surface area contributed by atoms with Crippen LogP contribution >= 0.6 is 0 Å². The summed E-state index contributed by atoms with van der Waals surface area (Å²) >= 11 is 0. The summed E-state index contributed by atoms with van der Waals surface area (Å²) < 4.78 is 13.1. The van der Waals surface area contributed by atoms with E-state index in [1.807, 2.05) is 30.3 Å². The number of anilines is 2. The molecule has 1 aliphatic heterocycles. The Morgan fingerprint density at radius 3 is 2.74 bits per heavy atom. The molecule has 1 unspecified atom stereocenters. The molecule has 4 nitrogen and oxygen atoms in total. The number of pyridine rings is 1. The van der Waals surface area contributed by atoms with Crippen LogP contribution in [0.5, 0.6) is 0 Å². The van der Waals surface area contributed by atoms with Gasteiger partial charge < -0.3 is 10.2 Å². The first-order chi connectivity index (χ1) is 13.1. The molecule has 1 aromatic heterocycles. The molecule has 1 saturated heterocycles. The molecule has 1 fully saturated rings. The van der Waals surface area contributed by atoms with Gasteiger partial charge in [-0.1, -0.05) is 25.1 Å². The third-order valence-electron chi connectivity index (χ3n) is 5.03. The molecule has 4 rings (SSSR count). The van der Waals surface area contributed by atoms with Crippen LogP contribution in [0.4, 0.5) is 15.9 Å². The predicted octanol–water partition coefficient (Wildman–Crippen LogP) is 4.86. The second-order valence-corrected chi connectivity index (χ2v) is 7.20. The van der Waals surface area contributed by atoms with E-state index in [1.165, 1.54) is 18.6 Å². The number of hydrogen-bond acceptors (Lipinski definition) is 3. The zero-order valence-corrected chi connectivity index (χ0v) is 15.3. The molecule has 27 heavy (non-hydrogen) atoms. The summed E-state index contributed by atoms with van der Waals surface area (Å²) in [5, 5.41) is 3.68. The van der Waals surface area contributed by atoms with E-state index in [4.69, 9.17) is 4.98 Å². The minimum atomic E-state index is -0.330. The van der Waals surface area contributed by atoms with Crippen molar-refractivity contribution in [2.75, 3.05) is 23.3 Å². The summed E-state index contributed by atoms with van der Waals surface area (Å²) in [7, 11) is 0. The standard InChI is InChI=1S/C22H22FN3O/c1-15-5-4-12-26(14-15)21-13-19(18-6-2-3-7-20(18)25-21)22(27)24-17-10-8-16(23)9-11-17/h2-3,6-11,13,15H,4-5,12,14H2,1H3,(H,24,27). The van der Waals surface area contributed by atoms with Gasteiger partial charge in [0.05, 0.1) is 11.1 Å². The number of halogens is 1. The molecule has 2 aromatic carbocycles. The van der Waals surface area contributed by atoms with E-state index in [9.17, 15) is 9.18 Å². The first-order valence-corrected chi connectivity index (χ1v) is 9.32. The Morgan fingerprint density at radius 1 is 1.19 bits per heavy atom. The largest absolute Gasteiger partial charge is 0.356 e. The van der Waals surface area contributed by atoms with Crippen molar-refractivity contribution in [1.82, 2.24) is 4.98 Å². The van der Waals surface area contributed by atoms with Gasteiger partial charge in [-0.2, -0.15) is 0 Å². The van der Waals surface area contributed by atoms with Crippen LogP contribution in [0.3, 0.4) is 0 Å². The first-order valence-electron chi connectivity index (χ1n) is 9.32. The molecular weight excluding hydrogens is 341 g/mol. The van der Waals surface area contributed by atoms with E-state index in [1.54, 1.807) is 12.1 Å². The highest BCUT2D eigenvalue weighted by molar-refractivity contribution is 6.13. The van der Waals surface area contributed by atoms with Crippen molar-refractivity contribution in [3.63, 3.8) is 0 Å². The van der Waals surface area contributed by atoms with Gasteiger partial charge >= 0.3 is 0 Å². The zero-order chi connectivity index (χ0) is 18.8. The average Bonchev–Trinajstić information content (AvgIpc) is 2.69. The molecule has 1 aliphatic rings. The van der Waals surface area contributed by atoms with Gasteiger partial charge in [0.25, 0.3) is 5.91 Å². The number of benzene rings is 2. The molecule has 1 atom stereocenters. The van der Waals surface area contributed by atoms with E-state index in [2.05, 4.69) is 17.1 Å². The number of aromatic nitrogens is 1. The van der Waals surface area contributed by atoms with E-state index >= 15 is 0 Å². The van der Waals surface area contributed by atoms with Gasteiger partial charge in [0, 0.05) is 24.2 Å². The van der Waals surface area contributed by atoms with Gasteiger partial charge in [-0.25, -0.2) is 9.37 Å². The Balaban J connectivity index is 1.71. The molecule has 0 spiro atoms. The Hall–Kier alpha value is -2.95. The van der Waals surface area contributed by atoms with Crippen LogP contribution in [0.25, 0.3) is 10.9 Å². The molecule has 138 valence electrons. The number of nitrogens with one attached hydrogen (secondary N) is 1. The molecule has 1 amide bonds. The molecule has 2 heterocycles. The topological polar surface area (TPSA) is 45.2 Å². The number of piperidine rings is 1. The van der Waals surface area contributed by atoms with Gasteiger partial charge in [0.1, 0.15) is 11.6 Å². The first kappa shape index (κ1) is 17.5. The fourth-order valence-electron chi connectivity index (χ4n) is 3.64. The van der Waals surface area contributed by atoms with Crippen molar-refractivity contribution in [3.05, 3.63) is 66.0 Å². The van der Waals surface area contributed by atoms with E-state index in [0.29, 0.717) is 17.2 Å². The number of hydrogen-bond donors (Lipinski definition) is 1. The lowest BCUT2D eigenvalue weighted by molar-refractivity contribution is 0.102. The van der Waals surface area contributed by atoms with Crippen LogP contribution in [-0.4, -0.2) is 24.0 Å². The van der Waals surface area contributed by atoms with Crippen molar-refractivity contribution in [2.45, 2.75) is 19.8 Å². The number of carbonyl (C=O) groups is 1. The molecule has 0 aliphatic carbocycles. The van der Waals surface area contributed by atoms with Gasteiger partial charge in [-0.3, -0.25) is 4.79 Å². The minimum Gasteiger partial charge on any atom is -0.356 e. The third kappa shape index (κ3) is 3.77. The maximum absolute atomic E-state index is 13.1. The van der Waals surface area contributed by atoms with Crippen molar-refractivity contribution >= 4 is 28.3 Å². The maximum Gasteiger partial charge on any atom is 0.256 e. The molecule has 0 bridgehead atoms. The average molecular weight is 363 g/mol. The SMILES string of the molecule is CC1CCCN(c2cc(C(=O)Nc3ccc(F)cc3)c3ccccc3n2)C1. The summed E-state index contributed by atoms with van der Waals surface area (Å²) in [6.07, 6.45) is 2.36. The fourth-order valence-corrected chi connectivity index (χ4v) is 3.64. The predicted molar refractivity (Wildman–Crippen MR) is 107 cm³/mol. The summed E-state index contributed by atoms with van der Waals surface area (Å²) in [4.78, 5) is 20.0. The number of fused-ring (bicyclic) bond motifs is 1. The number of nitrogens with zero attached hydrogens (tertiary/aromatic N) is 2.